The van der Waals surface area contributed by atoms with Gasteiger partial charge in [0.15, 0.2) is 0 Å². The zero-order chi connectivity index (χ0) is 12.3. The predicted molar refractivity (Wildman–Crippen MR) is 72.7 cm³/mol. The Labute approximate surface area is 110 Å². The minimum atomic E-state index is 0.519. The summed E-state index contributed by atoms with van der Waals surface area (Å²) in [5, 5.41) is 4.24. The number of ether oxygens (including phenoxy) is 1. The van der Waals surface area contributed by atoms with Crippen molar-refractivity contribution in [1.29, 1.82) is 0 Å². The fourth-order valence-corrected chi connectivity index (χ4v) is 1.78. The first-order valence-corrected chi connectivity index (χ1v) is 5.81. The molecule has 0 unspecified atom stereocenters. The Kier molecular flexibility index (Phi) is 3.77. The molecule has 17 heavy (non-hydrogen) atoms. The molecule has 0 aliphatic carbocycles. The summed E-state index contributed by atoms with van der Waals surface area (Å²) in [5.74, 6) is 0.813. The molecule has 0 spiro atoms. The maximum atomic E-state index is 6.08. The van der Waals surface area contributed by atoms with Crippen molar-refractivity contribution < 1.29 is 4.74 Å². The van der Waals surface area contributed by atoms with Crippen LogP contribution in [0.3, 0.4) is 0 Å². The van der Waals surface area contributed by atoms with E-state index in [2.05, 4.69) is 5.32 Å². The average Bonchev–Trinajstić information content (AvgIpc) is 2.36. The van der Waals surface area contributed by atoms with E-state index in [-0.39, 0.29) is 0 Å². The molecule has 1 N–H and O–H groups in total. The van der Waals surface area contributed by atoms with Crippen molar-refractivity contribution >= 4 is 34.6 Å². The molecule has 88 valence electrons. The van der Waals surface area contributed by atoms with Crippen molar-refractivity contribution in [3.63, 3.8) is 0 Å². The van der Waals surface area contributed by atoms with E-state index in [1.807, 2.05) is 36.4 Å². The number of rotatable bonds is 3. The van der Waals surface area contributed by atoms with Crippen molar-refractivity contribution in [3.8, 4) is 5.75 Å². The molecule has 0 aromatic heterocycles. The summed E-state index contributed by atoms with van der Waals surface area (Å²) in [7, 11) is 1.64. The highest BCUT2D eigenvalue weighted by atomic mass is 35.5. The Bertz CT molecular complexity index is 511. The predicted octanol–water partition coefficient (Wildman–Crippen LogP) is 4.75. The zero-order valence-corrected chi connectivity index (χ0v) is 10.7. The molecule has 4 heteroatoms. The second-order valence-corrected chi connectivity index (χ2v) is 4.24. The van der Waals surface area contributed by atoms with Crippen LogP contribution in [0.5, 0.6) is 5.75 Å². The van der Waals surface area contributed by atoms with Crippen LogP contribution in [0.4, 0.5) is 11.4 Å². The lowest BCUT2D eigenvalue weighted by Crippen LogP contribution is -1.91. The molecule has 0 bridgehead atoms. The van der Waals surface area contributed by atoms with Crippen molar-refractivity contribution in [2.45, 2.75) is 0 Å². The van der Waals surface area contributed by atoms with E-state index in [0.29, 0.717) is 10.0 Å². The van der Waals surface area contributed by atoms with E-state index in [4.69, 9.17) is 27.9 Å². The van der Waals surface area contributed by atoms with Gasteiger partial charge in [-0.3, -0.25) is 0 Å². The highest BCUT2D eigenvalue weighted by Gasteiger charge is 2.04. The Morgan fingerprint density at radius 3 is 2.35 bits per heavy atom. The van der Waals surface area contributed by atoms with Gasteiger partial charge >= 0.3 is 0 Å². The minimum absolute atomic E-state index is 0.519. The van der Waals surface area contributed by atoms with Crippen molar-refractivity contribution in [3.05, 3.63) is 52.5 Å². The maximum absolute atomic E-state index is 6.08. The van der Waals surface area contributed by atoms with E-state index in [1.165, 1.54) is 0 Å². The Morgan fingerprint density at radius 2 is 1.71 bits per heavy atom. The Hall–Kier alpha value is -1.38. The largest absolute Gasteiger partial charge is 0.497 e. The molecule has 2 nitrogen and oxygen atoms in total. The van der Waals surface area contributed by atoms with Crippen LogP contribution < -0.4 is 10.1 Å². The first-order chi connectivity index (χ1) is 8.20. The van der Waals surface area contributed by atoms with Crippen LogP contribution in [0.1, 0.15) is 0 Å². The van der Waals surface area contributed by atoms with Gasteiger partial charge in [-0.2, -0.15) is 0 Å². The highest BCUT2D eigenvalue weighted by Crippen LogP contribution is 2.31. The summed E-state index contributed by atoms with van der Waals surface area (Å²) in [5.41, 5.74) is 1.71. The van der Waals surface area contributed by atoms with Crippen LogP contribution in [0.15, 0.2) is 42.5 Å². The molecular formula is C13H11Cl2NO. The standard InChI is InChI=1S/C13H11Cl2NO/c1-17-10-7-5-9(6-8-10)16-12-4-2-3-11(14)13(12)15/h2-8,16H,1H3. The van der Waals surface area contributed by atoms with E-state index in [9.17, 15) is 0 Å². The molecule has 0 fully saturated rings. The van der Waals surface area contributed by atoms with Gasteiger partial charge in [0.25, 0.3) is 0 Å². The fraction of sp³-hybridized carbons (Fsp3) is 0.0769. The van der Waals surface area contributed by atoms with Gasteiger partial charge in [-0.1, -0.05) is 29.3 Å². The molecule has 0 saturated carbocycles. The zero-order valence-electron chi connectivity index (χ0n) is 9.21. The van der Waals surface area contributed by atoms with Gasteiger partial charge in [0.1, 0.15) is 5.75 Å². The van der Waals surface area contributed by atoms with Crippen LogP contribution in [0, 0.1) is 0 Å². The van der Waals surface area contributed by atoms with Crippen LogP contribution in [0.25, 0.3) is 0 Å². The lowest BCUT2D eigenvalue weighted by atomic mass is 10.2. The van der Waals surface area contributed by atoms with Gasteiger partial charge in [-0.15, -0.1) is 0 Å². The van der Waals surface area contributed by atoms with Gasteiger partial charge in [0.05, 0.1) is 22.8 Å². The second kappa shape index (κ2) is 5.30. The van der Waals surface area contributed by atoms with E-state index in [1.54, 1.807) is 13.2 Å². The normalized spacial score (nSPS) is 10.1. The number of benzene rings is 2. The highest BCUT2D eigenvalue weighted by molar-refractivity contribution is 6.43. The van der Waals surface area contributed by atoms with Crippen molar-refractivity contribution in [2.24, 2.45) is 0 Å². The van der Waals surface area contributed by atoms with Gasteiger partial charge in [-0.25, -0.2) is 0 Å². The molecule has 2 rings (SSSR count). The molecule has 0 heterocycles. The average molecular weight is 268 g/mol. The molecule has 0 aliphatic rings. The monoisotopic (exact) mass is 267 g/mol. The van der Waals surface area contributed by atoms with Gasteiger partial charge in [0.2, 0.25) is 0 Å². The number of hydrogen-bond acceptors (Lipinski definition) is 2. The lowest BCUT2D eigenvalue weighted by Gasteiger charge is -2.09. The topological polar surface area (TPSA) is 21.3 Å². The lowest BCUT2D eigenvalue weighted by molar-refractivity contribution is 0.415. The number of anilines is 2. The summed E-state index contributed by atoms with van der Waals surface area (Å²) in [6, 6.07) is 13.1. The maximum Gasteiger partial charge on any atom is 0.119 e. The minimum Gasteiger partial charge on any atom is -0.497 e. The SMILES string of the molecule is COc1ccc(Nc2cccc(Cl)c2Cl)cc1. The van der Waals surface area contributed by atoms with Gasteiger partial charge in [0, 0.05) is 5.69 Å². The van der Waals surface area contributed by atoms with E-state index >= 15 is 0 Å². The molecule has 0 saturated heterocycles. The molecular weight excluding hydrogens is 257 g/mol. The third kappa shape index (κ3) is 2.84. The van der Waals surface area contributed by atoms with Gasteiger partial charge < -0.3 is 10.1 Å². The number of hydrogen-bond donors (Lipinski definition) is 1. The number of methoxy groups -OCH3 is 1. The summed E-state index contributed by atoms with van der Waals surface area (Å²) < 4.78 is 5.09. The van der Waals surface area contributed by atoms with Crippen LogP contribution in [-0.2, 0) is 0 Å². The summed E-state index contributed by atoms with van der Waals surface area (Å²) in [6.07, 6.45) is 0. The summed E-state index contributed by atoms with van der Waals surface area (Å²) in [6.45, 7) is 0. The molecule has 0 aliphatic heterocycles. The first-order valence-electron chi connectivity index (χ1n) is 5.06. The van der Waals surface area contributed by atoms with Gasteiger partial charge in [-0.05, 0) is 36.4 Å². The molecule has 0 radical (unpaired) electrons. The fourth-order valence-electron chi connectivity index (χ4n) is 1.43. The second-order valence-electron chi connectivity index (χ2n) is 3.45. The summed E-state index contributed by atoms with van der Waals surface area (Å²) >= 11 is 12.0. The van der Waals surface area contributed by atoms with Crippen LogP contribution in [-0.4, -0.2) is 7.11 Å². The molecule has 0 amide bonds. The molecule has 2 aromatic rings. The van der Waals surface area contributed by atoms with Crippen LogP contribution >= 0.6 is 23.2 Å². The number of halogens is 2. The third-order valence-corrected chi connectivity index (χ3v) is 3.14. The Balaban J connectivity index is 2.22. The third-order valence-electron chi connectivity index (χ3n) is 2.32. The van der Waals surface area contributed by atoms with E-state index < -0.39 is 0 Å². The smallest absolute Gasteiger partial charge is 0.119 e. The first kappa shape index (κ1) is 12.1. The molecule has 2 aromatic carbocycles. The van der Waals surface area contributed by atoms with E-state index in [0.717, 1.165) is 17.1 Å². The quantitative estimate of drug-likeness (QED) is 0.867. The Morgan fingerprint density at radius 1 is 1.00 bits per heavy atom. The number of nitrogens with one attached hydrogen (secondary N) is 1. The van der Waals surface area contributed by atoms with Crippen LogP contribution in [0.2, 0.25) is 10.0 Å². The molecule has 0 atom stereocenters. The van der Waals surface area contributed by atoms with Crippen molar-refractivity contribution in [2.75, 3.05) is 12.4 Å². The summed E-state index contributed by atoms with van der Waals surface area (Å²) in [4.78, 5) is 0. The van der Waals surface area contributed by atoms with Crippen molar-refractivity contribution in [1.82, 2.24) is 0 Å².